The summed E-state index contributed by atoms with van der Waals surface area (Å²) in [5.74, 6) is 0.257. The number of aliphatic hydroxyl groups excluding tert-OH is 1. The Labute approximate surface area is 170 Å². The minimum Gasteiger partial charge on any atom is -0.388 e. The van der Waals surface area contributed by atoms with E-state index in [0.29, 0.717) is 12.8 Å². The number of carbonyl (C=O) groups excluding carboxylic acids is 1. The Bertz CT molecular complexity index is 644. The number of nitrogens with one attached hydrogen (secondary N) is 2. The Morgan fingerprint density at radius 1 is 1.38 bits per heavy atom. The van der Waals surface area contributed by atoms with Gasteiger partial charge in [0.2, 0.25) is 11.9 Å². The second-order valence-corrected chi connectivity index (χ2v) is 8.62. The van der Waals surface area contributed by atoms with Gasteiger partial charge in [0, 0.05) is 36.0 Å². The van der Waals surface area contributed by atoms with Gasteiger partial charge >= 0.3 is 0 Å². The summed E-state index contributed by atoms with van der Waals surface area (Å²) in [6.45, 7) is 0.418. The maximum Gasteiger partial charge on any atom is 0.238 e. The van der Waals surface area contributed by atoms with Gasteiger partial charge in [0.25, 0.3) is 0 Å². The first-order valence-electron chi connectivity index (χ1n) is 10.6. The van der Waals surface area contributed by atoms with E-state index in [1.807, 2.05) is 0 Å². The molecule has 1 heterocycles. The van der Waals surface area contributed by atoms with Crippen LogP contribution < -0.4 is 10.6 Å². The third kappa shape index (κ3) is 5.66. The molecule has 8 nitrogen and oxygen atoms in total. The molecule has 3 N–H and O–H groups in total. The minimum absolute atomic E-state index is 0.00663. The molecule has 0 saturated heterocycles. The van der Waals surface area contributed by atoms with Gasteiger partial charge in [-0.15, -0.1) is 0 Å². The van der Waals surface area contributed by atoms with Crippen LogP contribution in [-0.2, 0) is 9.53 Å². The fraction of sp³-hybridized carbons (Fsp3) is 0.850. The largest absolute Gasteiger partial charge is 0.388 e. The van der Waals surface area contributed by atoms with Crippen molar-refractivity contribution in [3.05, 3.63) is 21.4 Å². The Balaban J connectivity index is 1.59. The second kappa shape index (κ2) is 9.84. The molecule has 0 aromatic carbocycles. The van der Waals surface area contributed by atoms with Crippen molar-refractivity contribution in [2.75, 3.05) is 13.3 Å². The zero-order valence-corrected chi connectivity index (χ0v) is 16.9. The summed E-state index contributed by atoms with van der Waals surface area (Å²) in [4.78, 5) is 22.4. The monoisotopic (exact) mass is 413 g/mol. The van der Waals surface area contributed by atoms with E-state index in [1.54, 1.807) is 6.92 Å². The zero-order chi connectivity index (χ0) is 21.0. The average molecular weight is 413 g/mol. The lowest BCUT2D eigenvalue weighted by Gasteiger charge is -2.41. The van der Waals surface area contributed by atoms with E-state index in [4.69, 9.17) is 4.74 Å². The van der Waals surface area contributed by atoms with E-state index in [9.17, 15) is 24.4 Å². The Hall–Kier alpha value is -1.74. The van der Waals surface area contributed by atoms with Crippen LogP contribution in [0.2, 0.25) is 0 Å². The van der Waals surface area contributed by atoms with Crippen molar-refractivity contribution in [2.45, 2.75) is 88.6 Å². The lowest BCUT2D eigenvalue weighted by Crippen LogP contribution is -2.49. The summed E-state index contributed by atoms with van der Waals surface area (Å²) < 4.78 is 18.1. The third-order valence-corrected chi connectivity index (χ3v) is 6.50. The highest BCUT2D eigenvalue weighted by molar-refractivity contribution is 5.73. The van der Waals surface area contributed by atoms with Crippen LogP contribution in [-0.4, -0.2) is 59.6 Å². The first-order valence-corrected chi connectivity index (χ1v) is 10.6. The summed E-state index contributed by atoms with van der Waals surface area (Å²) in [7, 11) is 0. The van der Waals surface area contributed by atoms with Gasteiger partial charge in [0.15, 0.2) is 0 Å². The maximum absolute atomic E-state index is 12.5. The molecule has 2 aliphatic carbocycles. The van der Waals surface area contributed by atoms with E-state index in [2.05, 4.69) is 10.6 Å². The van der Waals surface area contributed by atoms with Crippen molar-refractivity contribution in [1.29, 1.82) is 0 Å². The molecule has 6 atom stereocenters. The molecule has 1 aliphatic heterocycles. The van der Waals surface area contributed by atoms with Crippen LogP contribution in [0.1, 0.15) is 58.3 Å². The van der Waals surface area contributed by atoms with Gasteiger partial charge in [0.05, 0.1) is 6.61 Å². The molecule has 1 fully saturated rings. The molecular formula is C20H32FN3O5. The van der Waals surface area contributed by atoms with E-state index in [0.717, 1.165) is 38.5 Å². The molecule has 0 radical (unpaired) electrons. The smallest absolute Gasteiger partial charge is 0.238 e. The molecule has 0 bridgehead atoms. The summed E-state index contributed by atoms with van der Waals surface area (Å²) in [5.41, 5.74) is 2.65. The number of hydrogen-bond donors (Lipinski definition) is 3. The maximum atomic E-state index is 12.5. The number of amides is 1. The quantitative estimate of drug-likeness (QED) is 0.434. The van der Waals surface area contributed by atoms with Crippen molar-refractivity contribution in [3.8, 4) is 0 Å². The highest BCUT2D eigenvalue weighted by Gasteiger charge is 2.42. The third-order valence-electron chi connectivity index (χ3n) is 6.50. The Morgan fingerprint density at radius 3 is 2.86 bits per heavy atom. The van der Waals surface area contributed by atoms with Crippen LogP contribution in [0.5, 0.6) is 0 Å². The number of carbonyl (C=O) groups is 1. The Morgan fingerprint density at radius 2 is 2.17 bits per heavy atom. The molecule has 9 heteroatoms. The fourth-order valence-corrected chi connectivity index (χ4v) is 5.04. The number of halogens is 1. The van der Waals surface area contributed by atoms with Crippen molar-refractivity contribution in [3.63, 3.8) is 0 Å². The highest BCUT2D eigenvalue weighted by atomic mass is 19.1. The van der Waals surface area contributed by atoms with Crippen LogP contribution in [0.4, 0.5) is 4.39 Å². The molecule has 0 aromatic heterocycles. The van der Waals surface area contributed by atoms with Crippen LogP contribution in [0.15, 0.2) is 11.3 Å². The van der Waals surface area contributed by atoms with Crippen molar-refractivity contribution in [2.24, 2.45) is 5.92 Å². The average Bonchev–Trinajstić information content (AvgIpc) is 2.70. The SMILES string of the molecule is CC(=O)NC1CCC2=C(CCC(C3CCC([N+](=O)[O-])C(OCC(O)CF)C3)N2)C1. The minimum atomic E-state index is -1.23. The lowest BCUT2D eigenvalue weighted by atomic mass is 9.75. The predicted molar refractivity (Wildman–Crippen MR) is 104 cm³/mol. The number of rotatable bonds is 7. The van der Waals surface area contributed by atoms with Gasteiger partial charge < -0.3 is 20.5 Å². The number of hydrogen-bond acceptors (Lipinski definition) is 6. The topological polar surface area (TPSA) is 114 Å². The fourth-order valence-electron chi connectivity index (χ4n) is 5.04. The lowest BCUT2D eigenvalue weighted by molar-refractivity contribution is -0.540. The van der Waals surface area contributed by atoms with Crippen LogP contribution in [0.25, 0.3) is 0 Å². The van der Waals surface area contributed by atoms with E-state index in [1.165, 1.54) is 11.3 Å². The van der Waals surface area contributed by atoms with Crippen molar-refractivity contribution in [1.82, 2.24) is 10.6 Å². The molecule has 1 amide bonds. The molecule has 164 valence electrons. The molecule has 1 saturated carbocycles. The van der Waals surface area contributed by atoms with Crippen LogP contribution in [0.3, 0.4) is 0 Å². The number of allylic oxidation sites excluding steroid dienone is 1. The van der Waals surface area contributed by atoms with Crippen molar-refractivity contribution >= 4 is 5.91 Å². The number of aliphatic hydroxyl groups is 1. The summed E-state index contributed by atoms with van der Waals surface area (Å²) >= 11 is 0. The van der Waals surface area contributed by atoms with E-state index >= 15 is 0 Å². The second-order valence-electron chi connectivity index (χ2n) is 8.62. The standard InChI is InChI=1S/C20H32FN3O5/c1-12(25)22-15-4-6-18-13(8-15)2-5-17(23-18)14-3-7-19(24(27)28)20(9-14)29-11-16(26)10-21/h14-17,19-20,23,26H,2-11H2,1H3,(H,22,25). The van der Waals surface area contributed by atoms with Gasteiger partial charge in [-0.1, -0.05) is 0 Å². The van der Waals surface area contributed by atoms with Gasteiger partial charge in [-0.05, 0) is 56.4 Å². The number of ether oxygens (including phenoxy) is 1. The van der Waals surface area contributed by atoms with Crippen LogP contribution >= 0.6 is 0 Å². The molecule has 6 unspecified atom stereocenters. The Kier molecular flexibility index (Phi) is 7.45. The number of nitrogens with zero attached hydrogens (tertiary/aromatic N) is 1. The predicted octanol–water partition coefficient (Wildman–Crippen LogP) is 1.84. The van der Waals surface area contributed by atoms with Gasteiger partial charge in [-0.2, -0.15) is 0 Å². The summed E-state index contributed by atoms with van der Waals surface area (Å²) in [5, 5.41) is 27.5. The molecule has 0 spiro atoms. The van der Waals surface area contributed by atoms with Crippen molar-refractivity contribution < 1.29 is 24.0 Å². The molecule has 3 aliphatic rings. The van der Waals surface area contributed by atoms with E-state index in [-0.39, 0.29) is 35.4 Å². The van der Waals surface area contributed by atoms with Gasteiger partial charge in [-0.3, -0.25) is 14.9 Å². The first kappa shape index (κ1) is 22.0. The molecule has 29 heavy (non-hydrogen) atoms. The number of nitro groups is 1. The highest BCUT2D eigenvalue weighted by Crippen LogP contribution is 2.37. The van der Waals surface area contributed by atoms with Gasteiger partial charge in [0.1, 0.15) is 18.9 Å². The molecule has 0 aromatic rings. The molecule has 3 rings (SSSR count). The summed E-state index contributed by atoms with van der Waals surface area (Å²) in [6, 6.07) is -0.347. The first-order chi connectivity index (χ1) is 13.9. The van der Waals surface area contributed by atoms with Crippen LogP contribution in [0, 0.1) is 16.0 Å². The molecular weight excluding hydrogens is 381 g/mol. The van der Waals surface area contributed by atoms with E-state index < -0.39 is 24.9 Å². The zero-order valence-electron chi connectivity index (χ0n) is 16.9. The number of alkyl halides is 1. The normalized spacial score (nSPS) is 33.4. The summed E-state index contributed by atoms with van der Waals surface area (Å²) in [6.07, 6.45) is 4.54. The van der Waals surface area contributed by atoms with Gasteiger partial charge in [-0.25, -0.2) is 4.39 Å².